The van der Waals surface area contributed by atoms with Crippen molar-refractivity contribution in [2.24, 2.45) is 0 Å². The Morgan fingerprint density at radius 3 is 2.38 bits per heavy atom. The molecule has 1 nitrogen and oxygen atoms in total. The van der Waals surface area contributed by atoms with Crippen molar-refractivity contribution in [2.45, 2.75) is 45.4 Å². The zero-order chi connectivity index (χ0) is 18.9. The van der Waals surface area contributed by atoms with Gasteiger partial charge in [0, 0.05) is 12.0 Å². The molecule has 0 heterocycles. The Hall–Kier alpha value is -2.54. The van der Waals surface area contributed by atoms with Crippen molar-refractivity contribution in [2.75, 3.05) is 0 Å². The molecule has 0 aromatic heterocycles. The first-order chi connectivity index (χ1) is 12.5. The number of aryl methyl sites for hydroxylation is 2. The van der Waals surface area contributed by atoms with Gasteiger partial charge >= 0.3 is 0 Å². The molecule has 4 heteroatoms. The molecular formula is C22H22F3N. The number of hydrogen-bond donors (Lipinski definition) is 0. The highest BCUT2D eigenvalue weighted by molar-refractivity contribution is 5.61. The predicted octanol–water partition coefficient (Wildman–Crippen LogP) is 6.67. The highest BCUT2D eigenvalue weighted by atomic mass is 19.2. The maximum Gasteiger partial charge on any atom is 0.161 e. The van der Waals surface area contributed by atoms with Crippen LogP contribution in [0.25, 0.3) is 5.83 Å². The summed E-state index contributed by atoms with van der Waals surface area (Å²) >= 11 is 0. The lowest BCUT2D eigenvalue weighted by molar-refractivity contribution is 0.541. The van der Waals surface area contributed by atoms with E-state index in [-0.39, 0.29) is 17.5 Å². The van der Waals surface area contributed by atoms with E-state index in [1.165, 1.54) is 12.1 Å². The van der Waals surface area contributed by atoms with Crippen LogP contribution in [-0.2, 0) is 12.8 Å². The average molecular weight is 357 g/mol. The van der Waals surface area contributed by atoms with Gasteiger partial charge in [0.15, 0.2) is 5.83 Å². The zero-order valence-electron chi connectivity index (χ0n) is 14.9. The first-order valence-corrected chi connectivity index (χ1v) is 8.87. The molecule has 26 heavy (non-hydrogen) atoms. The van der Waals surface area contributed by atoms with Crippen LogP contribution in [0.4, 0.5) is 13.2 Å². The molecule has 2 aromatic carbocycles. The highest BCUT2D eigenvalue weighted by Gasteiger charge is 2.10. The fourth-order valence-electron chi connectivity index (χ4n) is 2.75. The van der Waals surface area contributed by atoms with E-state index in [0.29, 0.717) is 19.3 Å². The second-order valence-electron chi connectivity index (χ2n) is 6.30. The van der Waals surface area contributed by atoms with Crippen LogP contribution in [0.2, 0.25) is 0 Å². The van der Waals surface area contributed by atoms with Gasteiger partial charge in [-0.25, -0.2) is 13.2 Å². The highest BCUT2D eigenvalue weighted by Crippen LogP contribution is 2.26. The van der Waals surface area contributed by atoms with Crippen LogP contribution in [0.5, 0.6) is 0 Å². The van der Waals surface area contributed by atoms with E-state index < -0.39 is 17.5 Å². The van der Waals surface area contributed by atoms with Gasteiger partial charge in [0.05, 0.1) is 5.56 Å². The Kier molecular flexibility index (Phi) is 7.47. The van der Waals surface area contributed by atoms with E-state index >= 15 is 0 Å². The summed E-state index contributed by atoms with van der Waals surface area (Å²) in [6.45, 7) is 2.02. The zero-order valence-corrected chi connectivity index (χ0v) is 14.9. The topological polar surface area (TPSA) is 23.8 Å². The molecule has 0 aliphatic rings. The van der Waals surface area contributed by atoms with Crippen molar-refractivity contribution in [1.29, 1.82) is 5.26 Å². The van der Waals surface area contributed by atoms with Gasteiger partial charge in [0.2, 0.25) is 0 Å². The molecule has 0 N–H and O–H groups in total. The third-order valence-electron chi connectivity index (χ3n) is 4.27. The average Bonchev–Trinajstić information content (AvgIpc) is 2.66. The summed E-state index contributed by atoms with van der Waals surface area (Å²) in [6, 6.07) is 13.0. The van der Waals surface area contributed by atoms with Crippen molar-refractivity contribution >= 4 is 5.83 Å². The van der Waals surface area contributed by atoms with Gasteiger partial charge < -0.3 is 0 Å². The van der Waals surface area contributed by atoms with Gasteiger partial charge in [0.25, 0.3) is 0 Å². The van der Waals surface area contributed by atoms with Gasteiger partial charge in [-0.15, -0.1) is 0 Å². The van der Waals surface area contributed by atoms with Crippen molar-refractivity contribution < 1.29 is 13.2 Å². The summed E-state index contributed by atoms with van der Waals surface area (Å²) in [5, 5.41) is 8.75. The van der Waals surface area contributed by atoms with Crippen LogP contribution in [-0.4, -0.2) is 0 Å². The predicted molar refractivity (Wildman–Crippen MR) is 98.2 cm³/mol. The summed E-state index contributed by atoms with van der Waals surface area (Å²) in [5.74, 6) is -2.04. The van der Waals surface area contributed by atoms with Crippen LogP contribution < -0.4 is 0 Å². The standard InChI is InChI=1S/C22H22F3N/c1-2-3-4-8-20(23)22(25)18-7-5-6-16(13-18)9-10-17-11-12-19(15-26)21(24)14-17/h5-7,11-14H,2-4,8-10H2,1H3/b22-20+. The lowest BCUT2D eigenvalue weighted by Crippen LogP contribution is -1.95. The SMILES string of the molecule is CCCCC/C(F)=C(\F)c1cccc(CCc2ccc(C#N)c(F)c2)c1. The number of nitriles is 1. The molecule has 0 unspecified atom stereocenters. The van der Waals surface area contributed by atoms with Crippen molar-refractivity contribution in [3.05, 3.63) is 76.4 Å². The largest absolute Gasteiger partial charge is 0.209 e. The maximum atomic E-state index is 14.3. The van der Waals surface area contributed by atoms with Crippen molar-refractivity contribution in [1.82, 2.24) is 0 Å². The van der Waals surface area contributed by atoms with E-state index in [0.717, 1.165) is 24.0 Å². The maximum absolute atomic E-state index is 14.3. The molecule has 0 saturated carbocycles. The summed E-state index contributed by atoms with van der Waals surface area (Å²) in [6.07, 6.45) is 3.72. The Bertz CT molecular complexity index is 818. The molecule has 0 fully saturated rings. The Morgan fingerprint density at radius 2 is 1.73 bits per heavy atom. The molecule has 0 aliphatic heterocycles. The summed E-state index contributed by atoms with van der Waals surface area (Å²) < 4.78 is 41.8. The van der Waals surface area contributed by atoms with Gasteiger partial charge in [-0.1, -0.05) is 44.0 Å². The number of allylic oxidation sites excluding steroid dienone is 1. The molecular weight excluding hydrogens is 335 g/mol. The normalized spacial score (nSPS) is 11.8. The van der Waals surface area contributed by atoms with Crippen molar-refractivity contribution in [3.63, 3.8) is 0 Å². The lowest BCUT2D eigenvalue weighted by Gasteiger charge is -2.06. The monoisotopic (exact) mass is 357 g/mol. The Balaban J connectivity index is 2.06. The van der Waals surface area contributed by atoms with Gasteiger partial charge in [-0.05, 0) is 48.6 Å². The van der Waals surface area contributed by atoms with Crippen LogP contribution in [0.15, 0.2) is 48.3 Å². The summed E-state index contributed by atoms with van der Waals surface area (Å²) in [7, 11) is 0. The Labute approximate surface area is 152 Å². The molecule has 0 spiro atoms. The Morgan fingerprint density at radius 1 is 1.00 bits per heavy atom. The van der Waals surface area contributed by atoms with Crippen LogP contribution in [0.3, 0.4) is 0 Å². The minimum atomic E-state index is -0.799. The van der Waals surface area contributed by atoms with Crippen LogP contribution in [0, 0.1) is 17.1 Å². The minimum Gasteiger partial charge on any atom is -0.209 e. The minimum absolute atomic E-state index is 0.0153. The number of benzene rings is 2. The molecule has 0 radical (unpaired) electrons. The number of unbranched alkanes of at least 4 members (excludes halogenated alkanes) is 2. The fourth-order valence-corrected chi connectivity index (χ4v) is 2.75. The smallest absolute Gasteiger partial charge is 0.161 e. The third kappa shape index (κ3) is 5.49. The first-order valence-electron chi connectivity index (χ1n) is 8.87. The number of halogens is 3. The number of hydrogen-bond acceptors (Lipinski definition) is 1. The summed E-state index contributed by atoms with van der Waals surface area (Å²) in [4.78, 5) is 0. The van der Waals surface area contributed by atoms with E-state index in [9.17, 15) is 13.2 Å². The van der Waals surface area contributed by atoms with Crippen LogP contribution in [0.1, 0.15) is 54.9 Å². The van der Waals surface area contributed by atoms with E-state index in [1.54, 1.807) is 30.3 Å². The second-order valence-corrected chi connectivity index (χ2v) is 6.30. The first kappa shape index (κ1) is 19.8. The second kappa shape index (κ2) is 9.82. The number of rotatable bonds is 8. The van der Waals surface area contributed by atoms with Gasteiger partial charge in [-0.2, -0.15) is 5.26 Å². The lowest BCUT2D eigenvalue weighted by atomic mass is 10.0. The molecule has 0 bridgehead atoms. The molecule has 0 amide bonds. The molecule has 0 saturated heterocycles. The quantitative estimate of drug-likeness (QED) is 0.484. The van der Waals surface area contributed by atoms with Crippen molar-refractivity contribution in [3.8, 4) is 6.07 Å². The molecule has 136 valence electrons. The fraction of sp³-hybridized carbons (Fsp3) is 0.318. The summed E-state index contributed by atoms with van der Waals surface area (Å²) in [5.41, 5.74) is 1.86. The van der Waals surface area contributed by atoms with Crippen LogP contribution >= 0.6 is 0 Å². The third-order valence-corrected chi connectivity index (χ3v) is 4.27. The molecule has 2 aromatic rings. The van der Waals surface area contributed by atoms with Gasteiger partial charge in [0.1, 0.15) is 17.7 Å². The van der Waals surface area contributed by atoms with Gasteiger partial charge in [-0.3, -0.25) is 0 Å². The van der Waals surface area contributed by atoms with E-state index in [2.05, 4.69) is 0 Å². The number of nitrogens with zero attached hydrogens (tertiary/aromatic N) is 1. The van der Waals surface area contributed by atoms with E-state index in [4.69, 9.17) is 5.26 Å². The van der Waals surface area contributed by atoms with E-state index in [1.807, 2.05) is 13.0 Å². The molecule has 0 atom stereocenters. The molecule has 0 aliphatic carbocycles. The molecule has 2 rings (SSSR count).